The van der Waals surface area contributed by atoms with Crippen LogP contribution in [0, 0.1) is 13.8 Å². The molecular formula is C27H33F6N5O6S. The number of nitrogens with zero attached hydrogens (tertiary/aromatic N) is 4. The molecular weight excluding hydrogens is 636 g/mol. The van der Waals surface area contributed by atoms with E-state index in [0.717, 1.165) is 64.1 Å². The van der Waals surface area contributed by atoms with Gasteiger partial charge in [-0.25, -0.2) is 32.7 Å². The van der Waals surface area contributed by atoms with Gasteiger partial charge in [0, 0.05) is 31.6 Å². The number of piperidine rings is 1. The van der Waals surface area contributed by atoms with E-state index in [9.17, 15) is 34.8 Å². The summed E-state index contributed by atoms with van der Waals surface area (Å²) >= 11 is 0. The Kier molecular flexibility index (Phi) is 11.1. The number of carbonyl (C=O) groups is 2. The van der Waals surface area contributed by atoms with E-state index in [1.165, 1.54) is 22.9 Å². The number of aliphatic carboxylic acids is 2. The molecule has 5 rings (SSSR count). The molecule has 0 saturated carbocycles. The molecule has 2 fully saturated rings. The molecule has 0 amide bonds. The van der Waals surface area contributed by atoms with E-state index in [2.05, 4.69) is 51.6 Å². The summed E-state index contributed by atoms with van der Waals surface area (Å²) in [6.45, 7) is 9.39. The number of halogens is 6. The normalized spacial score (nSPS) is 19.1. The van der Waals surface area contributed by atoms with Crippen LogP contribution in [-0.2, 0) is 31.6 Å². The monoisotopic (exact) mass is 669 g/mol. The summed E-state index contributed by atoms with van der Waals surface area (Å²) in [6, 6.07) is 6.73. The lowest BCUT2D eigenvalue weighted by Crippen LogP contribution is -2.53. The topological polar surface area (TPSA) is 153 Å². The smallest absolute Gasteiger partial charge is 0.475 e. The first-order chi connectivity index (χ1) is 20.7. The van der Waals surface area contributed by atoms with E-state index in [1.54, 1.807) is 0 Å². The quantitative estimate of drug-likeness (QED) is 0.412. The average Bonchev–Trinajstić information content (AvgIpc) is 3.47. The van der Waals surface area contributed by atoms with Gasteiger partial charge in [-0.05, 0) is 58.2 Å². The number of aryl methyl sites for hydroxylation is 2. The molecule has 0 radical (unpaired) electrons. The zero-order valence-corrected chi connectivity index (χ0v) is 25.2. The van der Waals surface area contributed by atoms with Gasteiger partial charge in [-0.1, -0.05) is 29.3 Å². The fourth-order valence-electron chi connectivity index (χ4n) is 5.37. The van der Waals surface area contributed by atoms with Gasteiger partial charge in [0.15, 0.2) is 0 Å². The molecule has 0 unspecified atom stereocenters. The Morgan fingerprint density at radius 1 is 0.911 bits per heavy atom. The zero-order valence-electron chi connectivity index (χ0n) is 24.4. The Labute approximate surface area is 255 Å². The predicted molar refractivity (Wildman–Crippen MR) is 148 cm³/mol. The number of carboxylic acids is 2. The lowest BCUT2D eigenvalue weighted by atomic mass is 9.75. The Morgan fingerprint density at radius 2 is 1.40 bits per heavy atom. The Bertz CT molecular complexity index is 1440. The van der Waals surface area contributed by atoms with Crippen molar-refractivity contribution in [3.63, 3.8) is 0 Å². The number of aromatic nitrogens is 2. The molecule has 0 atom stereocenters. The number of likely N-dealkylation sites (tertiary alicyclic amines) is 1. The van der Waals surface area contributed by atoms with Crippen LogP contribution in [0.5, 0.6) is 0 Å². The average molecular weight is 670 g/mol. The van der Waals surface area contributed by atoms with Crippen molar-refractivity contribution >= 4 is 27.9 Å². The highest BCUT2D eigenvalue weighted by atomic mass is 32.2. The van der Waals surface area contributed by atoms with Gasteiger partial charge >= 0.3 is 24.3 Å². The Balaban J connectivity index is 0.000000331. The van der Waals surface area contributed by atoms with E-state index in [4.69, 9.17) is 24.8 Å². The lowest BCUT2D eigenvalue weighted by molar-refractivity contribution is -0.193. The van der Waals surface area contributed by atoms with E-state index in [-0.39, 0.29) is 10.3 Å². The second-order valence-electron chi connectivity index (χ2n) is 11.1. The van der Waals surface area contributed by atoms with Crippen LogP contribution >= 0.6 is 0 Å². The van der Waals surface area contributed by atoms with Gasteiger partial charge in [-0.15, -0.1) is 0 Å². The number of rotatable bonds is 3. The largest absolute Gasteiger partial charge is 0.490 e. The summed E-state index contributed by atoms with van der Waals surface area (Å²) in [5.41, 5.74) is 4.42. The lowest BCUT2D eigenvalue weighted by Gasteiger charge is -2.44. The van der Waals surface area contributed by atoms with Crippen LogP contribution in [0.3, 0.4) is 0 Å². The van der Waals surface area contributed by atoms with E-state index >= 15 is 0 Å². The number of nitrogens with one attached hydrogen (secondary N) is 1. The summed E-state index contributed by atoms with van der Waals surface area (Å²) in [5, 5.41) is 14.2. The van der Waals surface area contributed by atoms with Crippen molar-refractivity contribution in [2.45, 2.75) is 68.7 Å². The van der Waals surface area contributed by atoms with Crippen LogP contribution < -0.4 is 9.62 Å². The predicted octanol–water partition coefficient (Wildman–Crippen LogP) is 3.79. The maximum atomic E-state index is 12.7. The first kappa shape index (κ1) is 36.0. The maximum absolute atomic E-state index is 12.7. The van der Waals surface area contributed by atoms with Gasteiger partial charge in [-0.2, -0.15) is 26.3 Å². The molecule has 45 heavy (non-hydrogen) atoms. The highest BCUT2D eigenvalue weighted by Crippen LogP contribution is 2.41. The van der Waals surface area contributed by atoms with Crippen LogP contribution in [0.1, 0.15) is 48.1 Å². The maximum Gasteiger partial charge on any atom is 0.490 e. The third-order valence-electron chi connectivity index (χ3n) is 7.51. The summed E-state index contributed by atoms with van der Waals surface area (Å²) in [7, 11) is -3.54. The van der Waals surface area contributed by atoms with Gasteiger partial charge in [0.05, 0.1) is 11.9 Å². The molecule has 3 aliphatic heterocycles. The van der Waals surface area contributed by atoms with Gasteiger partial charge in [0.25, 0.3) is 0 Å². The van der Waals surface area contributed by atoms with E-state index < -0.39 is 34.3 Å². The van der Waals surface area contributed by atoms with Crippen molar-refractivity contribution in [3.05, 3.63) is 46.8 Å². The Hall–Kier alpha value is -3.51. The summed E-state index contributed by atoms with van der Waals surface area (Å²) < 4.78 is 91.6. The van der Waals surface area contributed by atoms with Crippen LogP contribution in [0.25, 0.3) is 0 Å². The number of carboxylic acid groups (broad SMARTS) is 2. The standard InChI is InChI=1S/C23H31N5O2S.2C2HF3O2/c1-17-11-18(2)13-19(12-17)15-27-9-5-23(6-10-27)16-25-31(29,30)20-14-24-22(26-21(20)23)28-7-3-4-8-28;2*3-2(4,5)1(6)7/h11-14,25H,3-10,15-16H2,1-2H3;2*(H,6,7). The molecule has 2 saturated heterocycles. The number of sulfonamides is 1. The SMILES string of the molecule is Cc1cc(C)cc(CN2CCC3(CC2)CNS(=O)(=O)c2cnc(N4CCCC4)nc23)c1.O=C(O)C(F)(F)F.O=C(O)C(F)(F)F. The van der Waals surface area contributed by atoms with Crippen molar-refractivity contribution < 1.29 is 54.6 Å². The third kappa shape index (κ3) is 9.49. The summed E-state index contributed by atoms with van der Waals surface area (Å²) in [4.78, 5) is 32.0. The minimum atomic E-state index is -5.08. The highest BCUT2D eigenvalue weighted by Gasteiger charge is 2.46. The number of benzene rings is 1. The van der Waals surface area contributed by atoms with Crippen molar-refractivity contribution in [1.29, 1.82) is 0 Å². The minimum Gasteiger partial charge on any atom is -0.475 e. The van der Waals surface area contributed by atoms with Crippen molar-refractivity contribution in [2.24, 2.45) is 0 Å². The molecule has 3 aliphatic rings. The molecule has 250 valence electrons. The van der Waals surface area contributed by atoms with Crippen molar-refractivity contribution in [2.75, 3.05) is 37.6 Å². The number of alkyl halides is 6. The first-order valence-electron chi connectivity index (χ1n) is 13.8. The molecule has 1 spiro atoms. The van der Waals surface area contributed by atoms with E-state index in [0.29, 0.717) is 12.5 Å². The minimum absolute atomic E-state index is 0.253. The van der Waals surface area contributed by atoms with Crippen molar-refractivity contribution in [1.82, 2.24) is 19.6 Å². The fraction of sp³-hybridized carbons (Fsp3) is 0.556. The fourth-order valence-corrected chi connectivity index (χ4v) is 6.70. The number of hydrogen-bond donors (Lipinski definition) is 3. The van der Waals surface area contributed by atoms with Crippen LogP contribution in [0.15, 0.2) is 29.3 Å². The third-order valence-corrected chi connectivity index (χ3v) is 8.91. The number of hydrogen-bond acceptors (Lipinski definition) is 8. The molecule has 1 aromatic heterocycles. The number of anilines is 1. The highest BCUT2D eigenvalue weighted by molar-refractivity contribution is 7.89. The molecule has 18 heteroatoms. The molecule has 0 aliphatic carbocycles. The molecule has 2 aromatic rings. The first-order valence-corrected chi connectivity index (χ1v) is 15.2. The molecule has 1 aromatic carbocycles. The zero-order chi connectivity index (χ0) is 33.8. The molecule has 3 N–H and O–H groups in total. The summed E-state index contributed by atoms with van der Waals surface area (Å²) in [5.74, 6) is -4.83. The van der Waals surface area contributed by atoms with Crippen LogP contribution in [-0.4, -0.2) is 90.5 Å². The molecule has 11 nitrogen and oxygen atoms in total. The molecule has 4 heterocycles. The summed E-state index contributed by atoms with van der Waals surface area (Å²) in [6.07, 6.45) is -4.58. The van der Waals surface area contributed by atoms with Gasteiger partial charge in [0.1, 0.15) is 4.90 Å². The van der Waals surface area contributed by atoms with Gasteiger partial charge < -0.3 is 15.1 Å². The number of fused-ring (bicyclic) bond motifs is 2. The molecule has 0 bridgehead atoms. The van der Waals surface area contributed by atoms with Crippen molar-refractivity contribution in [3.8, 4) is 0 Å². The second-order valence-corrected chi connectivity index (χ2v) is 12.8. The Morgan fingerprint density at radius 3 is 1.87 bits per heavy atom. The second kappa shape index (κ2) is 13.9. The van der Waals surface area contributed by atoms with Gasteiger partial charge in [-0.3, -0.25) is 4.90 Å². The van der Waals surface area contributed by atoms with Crippen LogP contribution in [0.4, 0.5) is 32.3 Å². The van der Waals surface area contributed by atoms with E-state index in [1.807, 2.05) is 0 Å². The van der Waals surface area contributed by atoms with Gasteiger partial charge in [0.2, 0.25) is 16.0 Å². The van der Waals surface area contributed by atoms with Crippen LogP contribution in [0.2, 0.25) is 0 Å².